The first kappa shape index (κ1) is 30.5. The molecule has 3 aromatic rings. The molecular formula is C31H28BN3O6S2. The number of carbonyl (C=O) groups excluding carboxylic acids is 4. The molecule has 1 saturated heterocycles. The Balaban J connectivity index is 1.39. The van der Waals surface area contributed by atoms with Crippen LogP contribution in [0.15, 0.2) is 102 Å². The lowest BCUT2D eigenvalue weighted by atomic mass is 10.00. The van der Waals surface area contributed by atoms with E-state index in [2.05, 4.69) is 10.6 Å². The lowest BCUT2D eigenvalue weighted by molar-refractivity contribution is -0.154. The summed E-state index contributed by atoms with van der Waals surface area (Å²) in [7, 11) is 6.88. The van der Waals surface area contributed by atoms with Crippen LogP contribution in [0, 0.1) is 0 Å². The zero-order valence-corrected chi connectivity index (χ0v) is 24.8. The molecule has 0 saturated carbocycles. The minimum Gasteiger partial charge on any atom is -0.448 e. The molecule has 3 atom stereocenters. The van der Waals surface area contributed by atoms with E-state index in [-0.39, 0.29) is 11.6 Å². The van der Waals surface area contributed by atoms with E-state index in [1.807, 2.05) is 60.7 Å². The number of esters is 1. The molecule has 0 bridgehead atoms. The summed E-state index contributed by atoms with van der Waals surface area (Å²) in [6, 6.07) is 25.3. The number of hydrogen-bond donors (Lipinski definition) is 2. The number of hydrogen-bond acceptors (Lipinski definition) is 8. The summed E-state index contributed by atoms with van der Waals surface area (Å²) in [4.78, 5) is 54.5. The second-order valence-corrected chi connectivity index (χ2v) is 11.8. The Kier molecular flexibility index (Phi) is 9.91. The van der Waals surface area contributed by atoms with Gasteiger partial charge in [0.15, 0.2) is 11.9 Å². The van der Waals surface area contributed by atoms with Crippen LogP contribution >= 0.6 is 23.5 Å². The first-order chi connectivity index (χ1) is 20.9. The number of benzene rings is 3. The van der Waals surface area contributed by atoms with Crippen molar-refractivity contribution in [2.24, 2.45) is 0 Å². The van der Waals surface area contributed by atoms with Gasteiger partial charge >= 0.3 is 5.97 Å². The molecule has 218 valence electrons. The lowest BCUT2D eigenvalue weighted by Crippen LogP contribution is -2.71. The lowest BCUT2D eigenvalue weighted by Gasteiger charge is -2.49. The average Bonchev–Trinajstić information content (AvgIpc) is 3.04. The summed E-state index contributed by atoms with van der Waals surface area (Å²) in [5.41, 5.74) is 2.20. The Morgan fingerprint density at radius 2 is 1.51 bits per heavy atom. The smallest absolute Gasteiger partial charge is 0.356 e. The average molecular weight is 614 g/mol. The van der Waals surface area contributed by atoms with Crippen molar-refractivity contribution in [1.29, 1.82) is 0 Å². The molecule has 0 unspecified atom stereocenters. The van der Waals surface area contributed by atoms with Gasteiger partial charge in [-0.15, -0.1) is 11.8 Å². The SMILES string of the molecule is [B]C(=O)N[C@@H](C(=O)N[C@@H]1C(=O)N2C(C(=O)OC(c3ccccc3)c3ccccc3)=C(SCOC)CS[C@H]12)c1ccccc1. The minimum absolute atomic E-state index is 0.132. The molecule has 2 radical (unpaired) electrons. The van der Waals surface area contributed by atoms with Crippen LogP contribution in [0.1, 0.15) is 28.8 Å². The summed E-state index contributed by atoms with van der Waals surface area (Å²) >= 11 is 2.73. The van der Waals surface area contributed by atoms with Crippen LogP contribution in [-0.4, -0.2) is 66.6 Å². The fraction of sp³-hybridized carbons (Fsp3) is 0.226. The van der Waals surface area contributed by atoms with E-state index in [4.69, 9.17) is 17.3 Å². The Bertz CT molecular complexity index is 1470. The number of ether oxygens (including phenoxy) is 2. The first-order valence-electron chi connectivity index (χ1n) is 13.4. The van der Waals surface area contributed by atoms with Crippen LogP contribution < -0.4 is 10.6 Å². The van der Waals surface area contributed by atoms with Gasteiger partial charge in [-0.1, -0.05) is 103 Å². The predicted octanol–water partition coefficient (Wildman–Crippen LogP) is 3.89. The van der Waals surface area contributed by atoms with Crippen molar-refractivity contribution in [3.8, 4) is 0 Å². The van der Waals surface area contributed by atoms with Crippen molar-refractivity contribution in [3.63, 3.8) is 0 Å². The molecule has 43 heavy (non-hydrogen) atoms. The molecule has 3 aromatic carbocycles. The van der Waals surface area contributed by atoms with Gasteiger partial charge in [0.25, 0.3) is 5.91 Å². The van der Waals surface area contributed by atoms with Crippen molar-refractivity contribution in [1.82, 2.24) is 15.5 Å². The van der Waals surface area contributed by atoms with Crippen molar-refractivity contribution >= 4 is 55.0 Å². The van der Waals surface area contributed by atoms with Gasteiger partial charge in [0.2, 0.25) is 13.8 Å². The zero-order chi connectivity index (χ0) is 30.3. The van der Waals surface area contributed by atoms with Crippen LogP contribution in [0.5, 0.6) is 0 Å². The Morgan fingerprint density at radius 1 is 0.953 bits per heavy atom. The molecule has 5 rings (SSSR count). The number of carbonyl (C=O) groups is 4. The standard InChI is InChI=1S/C31H28BN3O6S2/c1-40-18-43-22-17-42-29-24(33-27(36)23(34-31(32)39)19-11-5-2-6-12-19)28(37)35(29)25(22)30(38)41-26(20-13-7-3-8-14-20)21-15-9-4-10-16-21/h2-16,23-24,26,29H,17-18H2,1H3,(H,33,36)(H,34,39)/t23-,24-,29-/m1/s1. The summed E-state index contributed by atoms with van der Waals surface area (Å²) in [5.74, 6) is -1.91. The van der Waals surface area contributed by atoms with Gasteiger partial charge in [-0.05, 0) is 16.7 Å². The Labute approximate surface area is 259 Å². The quantitative estimate of drug-likeness (QED) is 0.145. The summed E-state index contributed by atoms with van der Waals surface area (Å²) in [5, 5.41) is 4.64. The van der Waals surface area contributed by atoms with Crippen molar-refractivity contribution in [3.05, 3.63) is 118 Å². The second kappa shape index (κ2) is 14.0. The topological polar surface area (TPSA) is 114 Å². The van der Waals surface area contributed by atoms with E-state index in [0.717, 1.165) is 11.1 Å². The highest BCUT2D eigenvalue weighted by Crippen LogP contribution is 2.44. The van der Waals surface area contributed by atoms with E-state index in [1.54, 1.807) is 37.4 Å². The number of methoxy groups -OCH3 is 1. The third-order valence-electron chi connectivity index (χ3n) is 6.89. The van der Waals surface area contributed by atoms with Gasteiger partial charge in [0.05, 0.1) is 5.94 Å². The molecule has 0 aliphatic carbocycles. The molecule has 2 aliphatic rings. The number of thioether (sulfide) groups is 2. The maximum absolute atomic E-state index is 13.9. The Hall–Kier alpha value is -4.00. The van der Waals surface area contributed by atoms with Crippen LogP contribution in [0.25, 0.3) is 0 Å². The number of β-lactam (4-membered cyclic amide) rings is 1. The second-order valence-electron chi connectivity index (χ2n) is 9.68. The van der Waals surface area contributed by atoms with Crippen LogP contribution in [0.3, 0.4) is 0 Å². The zero-order valence-electron chi connectivity index (χ0n) is 23.2. The number of nitrogens with one attached hydrogen (secondary N) is 2. The number of amides is 3. The molecule has 2 heterocycles. The number of rotatable bonds is 11. The van der Waals surface area contributed by atoms with Gasteiger partial charge in [-0.25, -0.2) is 4.79 Å². The van der Waals surface area contributed by atoms with Gasteiger partial charge in [0, 0.05) is 17.8 Å². The molecule has 2 aliphatic heterocycles. The summed E-state index contributed by atoms with van der Waals surface area (Å²) in [6.45, 7) is 0. The van der Waals surface area contributed by atoms with Crippen LogP contribution in [-0.2, 0) is 23.9 Å². The third-order valence-corrected chi connectivity index (χ3v) is 9.39. The van der Waals surface area contributed by atoms with E-state index in [1.165, 1.54) is 28.4 Å². The molecular weight excluding hydrogens is 585 g/mol. The fourth-order valence-electron chi connectivity index (χ4n) is 4.89. The molecule has 3 amide bonds. The van der Waals surface area contributed by atoms with E-state index < -0.39 is 47.2 Å². The molecule has 2 N–H and O–H groups in total. The van der Waals surface area contributed by atoms with Gasteiger partial charge in [-0.2, -0.15) is 0 Å². The molecule has 12 heteroatoms. The maximum atomic E-state index is 13.9. The van der Waals surface area contributed by atoms with E-state index >= 15 is 0 Å². The molecule has 9 nitrogen and oxygen atoms in total. The highest BCUT2D eigenvalue weighted by molar-refractivity contribution is 8.06. The van der Waals surface area contributed by atoms with Gasteiger partial charge < -0.3 is 20.1 Å². The first-order valence-corrected chi connectivity index (χ1v) is 15.4. The maximum Gasteiger partial charge on any atom is 0.356 e. The van der Waals surface area contributed by atoms with E-state index in [0.29, 0.717) is 16.2 Å². The third kappa shape index (κ3) is 6.82. The van der Waals surface area contributed by atoms with Gasteiger partial charge in [-0.3, -0.25) is 19.3 Å². The van der Waals surface area contributed by atoms with Crippen LogP contribution in [0.2, 0.25) is 0 Å². The number of fused-ring (bicyclic) bond motifs is 1. The molecule has 0 spiro atoms. The molecule has 1 fully saturated rings. The summed E-state index contributed by atoms with van der Waals surface area (Å²) in [6.07, 6.45) is -0.706. The molecule has 0 aromatic heterocycles. The fourth-order valence-corrected chi connectivity index (χ4v) is 7.20. The Morgan fingerprint density at radius 3 is 2.05 bits per heavy atom. The van der Waals surface area contributed by atoms with Crippen molar-refractivity contribution < 1.29 is 28.7 Å². The van der Waals surface area contributed by atoms with E-state index in [9.17, 15) is 19.2 Å². The van der Waals surface area contributed by atoms with Crippen molar-refractivity contribution in [2.45, 2.75) is 23.6 Å². The van der Waals surface area contributed by atoms with Gasteiger partial charge in [0.1, 0.15) is 23.2 Å². The highest BCUT2D eigenvalue weighted by Gasteiger charge is 2.55. The predicted molar refractivity (Wildman–Crippen MR) is 166 cm³/mol. The monoisotopic (exact) mass is 613 g/mol. The largest absolute Gasteiger partial charge is 0.448 e. The summed E-state index contributed by atoms with van der Waals surface area (Å²) < 4.78 is 11.4. The number of nitrogens with zero attached hydrogens (tertiary/aromatic N) is 1. The minimum atomic E-state index is -1.10. The van der Waals surface area contributed by atoms with Crippen LogP contribution in [0.4, 0.5) is 4.79 Å². The van der Waals surface area contributed by atoms with Crippen molar-refractivity contribution in [2.75, 3.05) is 18.8 Å². The highest BCUT2D eigenvalue weighted by atomic mass is 32.2. The normalized spacial score (nSPS) is 18.4.